The minimum atomic E-state index is -0.201. The molecule has 19 heavy (non-hydrogen) atoms. The van der Waals surface area contributed by atoms with E-state index in [2.05, 4.69) is 36.8 Å². The summed E-state index contributed by atoms with van der Waals surface area (Å²) in [4.78, 5) is 13.5. The molecule has 0 bridgehead atoms. The molecule has 4 N–H and O–H groups in total. The van der Waals surface area contributed by atoms with E-state index in [1.54, 1.807) is 0 Å². The SMILES string of the molecule is NC(=O)[C@@H]1CCCN(Cc2cc(Br)cc(Br)c2N)C1. The molecule has 1 saturated heterocycles. The van der Waals surface area contributed by atoms with Crippen LogP contribution in [0.4, 0.5) is 5.69 Å². The number of carbonyl (C=O) groups is 1. The Kier molecular flexibility index (Phi) is 4.86. The number of halogens is 2. The number of benzene rings is 1. The van der Waals surface area contributed by atoms with E-state index in [0.29, 0.717) is 0 Å². The molecule has 0 saturated carbocycles. The van der Waals surface area contributed by atoms with Gasteiger partial charge in [0, 0.05) is 22.0 Å². The molecular formula is C13H17Br2N3O. The second-order valence-corrected chi connectivity index (χ2v) is 6.71. The second kappa shape index (κ2) is 6.24. The largest absolute Gasteiger partial charge is 0.398 e. The molecule has 1 amide bonds. The highest BCUT2D eigenvalue weighted by Crippen LogP contribution is 2.30. The highest BCUT2D eigenvalue weighted by atomic mass is 79.9. The maximum atomic E-state index is 11.3. The lowest BCUT2D eigenvalue weighted by atomic mass is 9.97. The van der Waals surface area contributed by atoms with Gasteiger partial charge in [0.1, 0.15) is 0 Å². The van der Waals surface area contributed by atoms with Crippen molar-refractivity contribution in [1.29, 1.82) is 0 Å². The summed E-state index contributed by atoms with van der Waals surface area (Å²) in [7, 11) is 0. The molecule has 104 valence electrons. The molecule has 1 aliphatic heterocycles. The van der Waals surface area contributed by atoms with Gasteiger partial charge in [0.15, 0.2) is 0 Å². The third-order valence-electron chi connectivity index (χ3n) is 3.48. The van der Waals surface area contributed by atoms with Crippen LogP contribution in [0.15, 0.2) is 21.1 Å². The number of likely N-dealkylation sites (tertiary alicyclic amines) is 1. The van der Waals surface area contributed by atoms with Crippen LogP contribution in [0.5, 0.6) is 0 Å². The Bertz CT molecular complexity index is 493. The van der Waals surface area contributed by atoms with Crippen molar-refractivity contribution >= 4 is 43.5 Å². The Morgan fingerprint density at radius 1 is 1.42 bits per heavy atom. The average Bonchev–Trinajstić information content (AvgIpc) is 2.35. The summed E-state index contributed by atoms with van der Waals surface area (Å²) in [5.74, 6) is -0.237. The molecule has 0 radical (unpaired) electrons. The smallest absolute Gasteiger partial charge is 0.221 e. The van der Waals surface area contributed by atoms with Gasteiger partial charge in [-0.25, -0.2) is 0 Å². The van der Waals surface area contributed by atoms with Crippen LogP contribution in [0, 0.1) is 5.92 Å². The molecule has 0 unspecified atom stereocenters. The van der Waals surface area contributed by atoms with Crippen LogP contribution >= 0.6 is 31.9 Å². The van der Waals surface area contributed by atoms with Gasteiger partial charge in [-0.2, -0.15) is 0 Å². The van der Waals surface area contributed by atoms with Crippen molar-refractivity contribution in [2.75, 3.05) is 18.8 Å². The minimum absolute atomic E-state index is 0.0365. The third kappa shape index (κ3) is 3.70. The van der Waals surface area contributed by atoms with Crippen LogP contribution in [0.2, 0.25) is 0 Å². The Labute approximate surface area is 129 Å². The first-order valence-corrected chi connectivity index (χ1v) is 7.81. The summed E-state index contributed by atoms with van der Waals surface area (Å²) < 4.78 is 1.88. The molecule has 1 aromatic carbocycles. The molecule has 4 nitrogen and oxygen atoms in total. The van der Waals surface area contributed by atoms with E-state index >= 15 is 0 Å². The number of anilines is 1. The van der Waals surface area contributed by atoms with Gasteiger partial charge in [0.05, 0.1) is 11.6 Å². The van der Waals surface area contributed by atoms with Gasteiger partial charge in [-0.3, -0.25) is 9.69 Å². The van der Waals surface area contributed by atoms with Gasteiger partial charge in [-0.15, -0.1) is 0 Å². The highest BCUT2D eigenvalue weighted by molar-refractivity contribution is 9.11. The number of nitrogen functional groups attached to an aromatic ring is 1. The van der Waals surface area contributed by atoms with E-state index in [0.717, 1.165) is 52.7 Å². The van der Waals surface area contributed by atoms with Gasteiger partial charge < -0.3 is 11.5 Å². The van der Waals surface area contributed by atoms with E-state index in [-0.39, 0.29) is 11.8 Å². The molecule has 0 aliphatic carbocycles. The van der Waals surface area contributed by atoms with Crippen molar-refractivity contribution in [2.45, 2.75) is 19.4 Å². The first-order valence-electron chi connectivity index (χ1n) is 6.22. The first kappa shape index (κ1) is 14.8. The highest BCUT2D eigenvalue weighted by Gasteiger charge is 2.24. The number of nitrogens with zero attached hydrogens (tertiary/aromatic N) is 1. The average molecular weight is 391 g/mol. The van der Waals surface area contributed by atoms with Gasteiger partial charge in [0.25, 0.3) is 0 Å². The third-order valence-corrected chi connectivity index (χ3v) is 4.60. The Morgan fingerprint density at radius 3 is 2.84 bits per heavy atom. The summed E-state index contributed by atoms with van der Waals surface area (Å²) >= 11 is 6.92. The summed E-state index contributed by atoms with van der Waals surface area (Å²) in [6.07, 6.45) is 1.90. The van der Waals surface area contributed by atoms with Crippen LogP contribution in [-0.4, -0.2) is 23.9 Å². The molecule has 1 heterocycles. The molecule has 6 heteroatoms. The van der Waals surface area contributed by atoms with E-state index in [4.69, 9.17) is 11.5 Å². The monoisotopic (exact) mass is 389 g/mol. The number of hydrogen-bond donors (Lipinski definition) is 2. The van der Waals surface area contributed by atoms with Crippen LogP contribution in [0.25, 0.3) is 0 Å². The fourth-order valence-electron chi connectivity index (χ4n) is 2.44. The fraction of sp³-hybridized carbons (Fsp3) is 0.462. The Morgan fingerprint density at radius 2 is 2.16 bits per heavy atom. The number of rotatable bonds is 3. The van der Waals surface area contributed by atoms with Gasteiger partial charge in [0.2, 0.25) is 5.91 Å². The lowest BCUT2D eigenvalue weighted by Crippen LogP contribution is -2.40. The standard InChI is InChI=1S/C13H17Br2N3O/c14-10-4-9(12(16)11(15)5-10)7-18-3-1-2-8(6-18)13(17)19/h4-5,8H,1-3,6-7,16H2,(H2,17,19)/t8-/m1/s1. The molecule has 0 spiro atoms. The Hall–Kier alpha value is -0.590. The predicted molar refractivity (Wildman–Crippen MR) is 83.4 cm³/mol. The zero-order valence-electron chi connectivity index (χ0n) is 10.5. The normalized spacial score (nSPS) is 20.4. The number of primary amides is 1. The zero-order chi connectivity index (χ0) is 14.0. The molecule has 1 aromatic rings. The molecular weight excluding hydrogens is 374 g/mol. The van der Waals surface area contributed by atoms with Crippen molar-refractivity contribution < 1.29 is 4.79 Å². The summed E-state index contributed by atoms with van der Waals surface area (Å²) in [6.45, 7) is 2.44. The van der Waals surface area contributed by atoms with Crippen molar-refractivity contribution in [3.63, 3.8) is 0 Å². The van der Waals surface area contributed by atoms with Crippen LogP contribution in [0.3, 0.4) is 0 Å². The summed E-state index contributed by atoms with van der Waals surface area (Å²) in [5, 5.41) is 0. The lowest BCUT2D eigenvalue weighted by molar-refractivity contribution is -0.123. The zero-order valence-corrected chi connectivity index (χ0v) is 13.7. The molecule has 2 rings (SSSR count). The topological polar surface area (TPSA) is 72.4 Å². The van der Waals surface area contributed by atoms with Gasteiger partial charge >= 0.3 is 0 Å². The van der Waals surface area contributed by atoms with Crippen LogP contribution in [0.1, 0.15) is 18.4 Å². The number of piperidine rings is 1. The fourth-order valence-corrected chi connectivity index (χ4v) is 3.75. The van der Waals surface area contributed by atoms with Crippen molar-refractivity contribution in [3.05, 3.63) is 26.6 Å². The van der Waals surface area contributed by atoms with Crippen molar-refractivity contribution in [1.82, 2.24) is 4.90 Å². The van der Waals surface area contributed by atoms with E-state index in [1.807, 2.05) is 12.1 Å². The number of hydrogen-bond acceptors (Lipinski definition) is 3. The first-order chi connectivity index (χ1) is 8.97. The maximum Gasteiger partial charge on any atom is 0.221 e. The molecule has 1 fully saturated rings. The minimum Gasteiger partial charge on any atom is -0.398 e. The maximum absolute atomic E-state index is 11.3. The van der Waals surface area contributed by atoms with Crippen molar-refractivity contribution in [3.8, 4) is 0 Å². The lowest BCUT2D eigenvalue weighted by Gasteiger charge is -2.31. The summed E-state index contributed by atoms with van der Waals surface area (Å²) in [6, 6.07) is 3.95. The van der Waals surface area contributed by atoms with Crippen LogP contribution in [-0.2, 0) is 11.3 Å². The van der Waals surface area contributed by atoms with E-state index in [1.165, 1.54) is 0 Å². The van der Waals surface area contributed by atoms with Crippen LogP contribution < -0.4 is 11.5 Å². The molecule has 1 aliphatic rings. The van der Waals surface area contributed by atoms with E-state index in [9.17, 15) is 4.79 Å². The number of nitrogens with two attached hydrogens (primary N) is 2. The molecule has 1 atom stereocenters. The van der Waals surface area contributed by atoms with Gasteiger partial charge in [-0.1, -0.05) is 15.9 Å². The number of amides is 1. The quantitative estimate of drug-likeness (QED) is 0.778. The van der Waals surface area contributed by atoms with Gasteiger partial charge in [-0.05, 0) is 53.0 Å². The number of carbonyl (C=O) groups excluding carboxylic acids is 1. The van der Waals surface area contributed by atoms with E-state index < -0.39 is 0 Å². The van der Waals surface area contributed by atoms with Crippen molar-refractivity contribution in [2.24, 2.45) is 11.7 Å². The Balaban J connectivity index is 2.11. The molecule has 0 aromatic heterocycles. The second-order valence-electron chi connectivity index (χ2n) is 4.94. The predicted octanol–water partition coefficient (Wildman–Crippen LogP) is 2.49. The summed E-state index contributed by atoms with van der Waals surface area (Å²) in [5.41, 5.74) is 13.3.